The Kier molecular flexibility index (Phi) is 5.15. The highest BCUT2D eigenvalue weighted by Gasteiger charge is 2.31. The van der Waals surface area contributed by atoms with Gasteiger partial charge >= 0.3 is 0 Å². The topological polar surface area (TPSA) is 92.3 Å². The Morgan fingerprint density at radius 2 is 2.00 bits per heavy atom. The molecular formula is C17H19ClN4O3S. The SMILES string of the molecule is Cc1ccc(NC(=O)c2cnc(N(C)C3CCS(=O)(=O)C3)nc2)cc1Cl. The summed E-state index contributed by atoms with van der Waals surface area (Å²) in [5.74, 6) is 0.329. The average molecular weight is 395 g/mol. The second kappa shape index (κ2) is 7.20. The molecule has 1 unspecified atom stereocenters. The minimum Gasteiger partial charge on any atom is -0.340 e. The molecule has 3 rings (SSSR count). The molecule has 1 amide bonds. The van der Waals surface area contributed by atoms with E-state index in [-0.39, 0.29) is 23.5 Å². The lowest BCUT2D eigenvalue weighted by atomic mass is 10.2. The highest BCUT2D eigenvalue weighted by atomic mass is 35.5. The van der Waals surface area contributed by atoms with Crippen LogP contribution in [0, 0.1) is 6.92 Å². The van der Waals surface area contributed by atoms with Gasteiger partial charge in [-0.15, -0.1) is 0 Å². The fraction of sp³-hybridized carbons (Fsp3) is 0.353. The van der Waals surface area contributed by atoms with Crippen molar-refractivity contribution in [3.8, 4) is 0 Å². The van der Waals surface area contributed by atoms with Gasteiger partial charge in [0.15, 0.2) is 9.84 Å². The number of carbonyl (C=O) groups excluding carboxylic acids is 1. The zero-order valence-corrected chi connectivity index (χ0v) is 16.0. The summed E-state index contributed by atoms with van der Waals surface area (Å²) in [5.41, 5.74) is 1.81. The van der Waals surface area contributed by atoms with Crippen LogP contribution in [0.1, 0.15) is 22.3 Å². The standard InChI is InChI=1S/C17H19ClN4O3S/c1-11-3-4-13(7-15(11)18)21-16(23)12-8-19-17(20-9-12)22(2)14-5-6-26(24,25)10-14/h3-4,7-9,14H,5-6,10H2,1-2H3,(H,21,23). The minimum atomic E-state index is -2.98. The summed E-state index contributed by atoms with van der Waals surface area (Å²) in [6.07, 6.45) is 3.40. The normalized spacial score (nSPS) is 18.5. The molecule has 1 saturated heterocycles. The van der Waals surface area contributed by atoms with Gasteiger partial charge in [0, 0.05) is 36.2 Å². The lowest BCUT2D eigenvalue weighted by Gasteiger charge is -2.23. The largest absolute Gasteiger partial charge is 0.340 e. The molecule has 0 saturated carbocycles. The van der Waals surface area contributed by atoms with E-state index in [9.17, 15) is 13.2 Å². The molecule has 1 N–H and O–H groups in total. The fourth-order valence-electron chi connectivity index (χ4n) is 2.74. The summed E-state index contributed by atoms with van der Waals surface area (Å²) in [4.78, 5) is 22.4. The first kappa shape index (κ1) is 18.6. The molecule has 9 heteroatoms. The van der Waals surface area contributed by atoms with E-state index in [1.54, 1.807) is 24.1 Å². The number of hydrogen-bond donors (Lipinski definition) is 1. The van der Waals surface area contributed by atoms with Crippen LogP contribution in [-0.4, -0.2) is 48.9 Å². The van der Waals surface area contributed by atoms with Crippen LogP contribution in [0.3, 0.4) is 0 Å². The average Bonchev–Trinajstić information content (AvgIpc) is 2.97. The second-order valence-corrected chi connectivity index (χ2v) is 8.99. The predicted molar refractivity (Wildman–Crippen MR) is 102 cm³/mol. The molecule has 7 nitrogen and oxygen atoms in total. The number of nitrogens with one attached hydrogen (secondary N) is 1. The van der Waals surface area contributed by atoms with Gasteiger partial charge in [-0.05, 0) is 31.0 Å². The summed E-state index contributed by atoms with van der Waals surface area (Å²) < 4.78 is 23.2. The van der Waals surface area contributed by atoms with Crippen molar-refractivity contribution in [1.82, 2.24) is 9.97 Å². The first-order valence-corrected chi connectivity index (χ1v) is 10.3. The van der Waals surface area contributed by atoms with Crippen molar-refractivity contribution in [1.29, 1.82) is 0 Å². The maximum absolute atomic E-state index is 12.3. The van der Waals surface area contributed by atoms with E-state index >= 15 is 0 Å². The second-order valence-electron chi connectivity index (χ2n) is 6.36. The summed E-state index contributed by atoms with van der Waals surface area (Å²) in [6.45, 7) is 1.88. The van der Waals surface area contributed by atoms with Crippen LogP contribution in [0.2, 0.25) is 5.02 Å². The molecule has 1 aliphatic rings. The van der Waals surface area contributed by atoms with E-state index < -0.39 is 9.84 Å². The van der Waals surface area contributed by atoms with Crippen molar-refractivity contribution in [3.05, 3.63) is 46.7 Å². The smallest absolute Gasteiger partial charge is 0.258 e. The lowest BCUT2D eigenvalue weighted by Crippen LogP contribution is -2.34. The number of benzene rings is 1. The molecule has 2 aromatic rings. The van der Waals surface area contributed by atoms with Crippen LogP contribution in [0.25, 0.3) is 0 Å². The van der Waals surface area contributed by atoms with E-state index in [1.807, 2.05) is 13.0 Å². The van der Waals surface area contributed by atoms with Crippen LogP contribution in [-0.2, 0) is 9.84 Å². The molecule has 0 aliphatic carbocycles. The Balaban J connectivity index is 1.68. The van der Waals surface area contributed by atoms with Gasteiger partial charge in [0.2, 0.25) is 5.95 Å². The zero-order chi connectivity index (χ0) is 18.9. The summed E-state index contributed by atoms with van der Waals surface area (Å²) in [5, 5.41) is 3.32. The molecule has 1 aromatic heterocycles. The van der Waals surface area contributed by atoms with Gasteiger partial charge in [-0.2, -0.15) is 0 Å². The molecule has 1 fully saturated rings. The first-order chi connectivity index (χ1) is 12.2. The van der Waals surface area contributed by atoms with Gasteiger partial charge < -0.3 is 10.2 Å². The van der Waals surface area contributed by atoms with Crippen LogP contribution >= 0.6 is 11.6 Å². The summed E-state index contributed by atoms with van der Waals surface area (Å²) in [6, 6.07) is 5.12. The minimum absolute atomic E-state index is 0.100. The third-order valence-corrected chi connectivity index (χ3v) is 6.56. The Morgan fingerprint density at radius 1 is 1.31 bits per heavy atom. The summed E-state index contributed by atoms with van der Waals surface area (Å²) in [7, 11) is -1.22. The molecular weight excluding hydrogens is 376 g/mol. The monoisotopic (exact) mass is 394 g/mol. The Morgan fingerprint density at radius 3 is 2.58 bits per heavy atom. The van der Waals surface area contributed by atoms with Crippen molar-refractivity contribution in [2.45, 2.75) is 19.4 Å². The summed E-state index contributed by atoms with van der Waals surface area (Å²) >= 11 is 6.06. The van der Waals surface area contributed by atoms with Crippen molar-refractivity contribution in [2.75, 3.05) is 28.8 Å². The lowest BCUT2D eigenvalue weighted by molar-refractivity contribution is 0.102. The molecule has 26 heavy (non-hydrogen) atoms. The quantitative estimate of drug-likeness (QED) is 0.855. The Labute approximate surface area is 157 Å². The molecule has 138 valence electrons. The number of sulfone groups is 1. The van der Waals surface area contributed by atoms with Crippen LogP contribution in [0.5, 0.6) is 0 Å². The Hall–Kier alpha value is -2.19. The molecule has 0 bridgehead atoms. The maximum Gasteiger partial charge on any atom is 0.258 e. The highest BCUT2D eigenvalue weighted by molar-refractivity contribution is 7.91. The third-order valence-electron chi connectivity index (χ3n) is 4.40. The molecule has 2 heterocycles. The van der Waals surface area contributed by atoms with Gasteiger partial charge in [-0.1, -0.05) is 17.7 Å². The number of aromatic nitrogens is 2. The van der Waals surface area contributed by atoms with E-state index in [0.29, 0.717) is 28.6 Å². The van der Waals surface area contributed by atoms with Gasteiger partial charge in [0.05, 0.1) is 17.1 Å². The number of halogens is 1. The van der Waals surface area contributed by atoms with E-state index in [0.717, 1.165) is 5.56 Å². The third kappa shape index (κ3) is 4.13. The van der Waals surface area contributed by atoms with Crippen molar-refractivity contribution < 1.29 is 13.2 Å². The van der Waals surface area contributed by atoms with Crippen LogP contribution in [0.4, 0.5) is 11.6 Å². The molecule has 1 atom stereocenters. The predicted octanol–water partition coefficient (Wildman–Crippen LogP) is 2.31. The van der Waals surface area contributed by atoms with E-state index in [2.05, 4.69) is 15.3 Å². The van der Waals surface area contributed by atoms with Crippen molar-refractivity contribution in [2.24, 2.45) is 0 Å². The zero-order valence-electron chi connectivity index (χ0n) is 14.4. The number of amides is 1. The number of hydrogen-bond acceptors (Lipinski definition) is 6. The van der Waals surface area contributed by atoms with Crippen molar-refractivity contribution in [3.63, 3.8) is 0 Å². The number of aryl methyl sites for hydroxylation is 1. The fourth-order valence-corrected chi connectivity index (χ4v) is 4.69. The number of carbonyl (C=O) groups is 1. The number of rotatable bonds is 4. The number of nitrogens with zero attached hydrogens (tertiary/aromatic N) is 3. The first-order valence-electron chi connectivity index (χ1n) is 8.08. The number of anilines is 2. The molecule has 0 spiro atoms. The molecule has 1 aliphatic heterocycles. The van der Waals surface area contributed by atoms with E-state index in [1.165, 1.54) is 12.4 Å². The molecule has 1 aromatic carbocycles. The van der Waals surface area contributed by atoms with Crippen LogP contribution < -0.4 is 10.2 Å². The van der Waals surface area contributed by atoms with Crippen molar-refractivity contribution >= 4 is 39.0 Å². The Bertz CT molecular complexity index is 932. The maximum atomic E-state index is 12.3. The molecule has 0 radical (unpaired) electrons. The van der Waals surface area contributed by atoms with Gasteiger partial charge in [-0.3, -0.25) is 4.79 Å². The van der Waals surface area contributed by atoms with Gasteiger partial charge in [0.25, 0.3) is 5.91 Å². The van der Waals surface area contributed by atoms with Gasteiger partial charge in [-0.25, -0.2) is 18.4 Å². The highest BCUT2D eigenvalue weighted by Crippen LogP contribution is 2.21. The van der Waals surface area contributed by atoms with Crippen LogP contribution in [0.15, 0.2) is 30.6 Å². The van der Waals surface area contributed by atoms with E-state index in [4.69, 9.17) is 11.6 Å². The van der Waals surface area contributed by atoms with Gasteiger partial charge in [0.1, 0.15) is 0 Å².